The van der Waals surface area contributed by atoms with E-state index in [-0.39, 0.29) is 10.9 Å². The number of hydrogen-bond donors (Lipinski definition) is 1. The predicted molar refractivity (Wildman–Crippen MR) is 93.2 cm³/mol. The summed E-state index contributed by atoms with van der Waals surface area (Å²) in [5.41, 5.74) is 0.573. The average Bonchev–Trinajstić information content (AvgIpc) is 2.57. The van der Waals surface area contributed by atoms with Crippen LogP contribution in [0.15, 0.2) is 53.5 Å². The van der Waals surface area contributed by atoms with Crippen LogP contribution in [0.3, 0.4) is 0 Å². The zero-order valence-corrected chi connectivity index (χ0v) is 13.6. The van der Waals surface area contributed by atoms with Crippen LogP contribution in [0.5, 0.6) is 0 Å². The number of aromatic nitrogens is 1. The van der Waals surface area contributed by atoms with Gasteiger partial charge in [0.25, 0.3) is 5.91 Å². The Morgan fingerprint density at radius 2 is 1.92 bits per heavy atom. The van der Waals surface area contributed by atoms with Crippen LogP contribution in [-0.4, -0.2) is 10.5 Å². The van der Waals surface area contributed by atoms with E-state index in [1.54, 1.807) is 28.8 Å². The number of amides is 1. The highest BCUT2D eigenvalue weighted by atomic mass is 35.5. The highest BCUT2D eigenvalue weighted by Gasteiger charge is 2.16. The van der Waals surface area contributed by atoms with Crippen molar-refractivity contribution in [1.82, 2.24) is 4.57 Å². The summed E-state index contributed by atoms with van der Waals surface area (Å²) in [5, 5.41) is 3.38. The maximum Gasteiger partial charge on any atom is 0.261 e. The molecule has 0 aliphatic heterocycles. The molecule has 0 aliphatic rings. The lowest BCUT2D eigenvalue weighted by Crippen LogP contribution is -2.24. The van der Waals surface area contributed by atoms with Gasteiger partial charge in [-0.1, -0.05) is 11.6 Å². The van der Waals surface area contributed by atoms with Gasteiger partial charge >= 0.3 is 0 Å². The lowest BCUT2D eigenvalue weighted by atomic mass is 10.1. The number of hydrogen-bond acceptors (Lipinski definition) is 2. The van der Waals surface area contributed by atoms with E-state index in [2.05, 4.69) is 5.32 Å². The molecule has 24 heavy (non-hydrogen) atoms. The first-order chi connectivity index (χ1) is 11.5. The van der Waals surface area contributed by atoms with Gasteiger partial charge in [0.1, 0.15) is 11.4 Å². The van der Waals surface area contributed by atoms with Crippen LogP contribution in [0.25, 0.3) is 10.9 Å². The van der Waals surface area contributed by atoms with E-state index in [1.165, 1.54) is 18.3 Å². The molecule has 0 aliphatic carbocycles. The maximum atomic E-state index is 13.5. The molecule has 4 nitrogen and oxygen atoms in total. The number of halogens is 2. The minimum absolute atomic E-state index is 0.0371. The molecule has 3 aromatic rings. The summed E-state index contributed by atoms with van der Waals surface area (Å²) >= 11 is 5.81. The smallest absolute Gasteiger partial charge is 0.261 e. The number of anilines is 1. The number of nitrogens with one attached hydrogen (secondary N) is 1. The molecule has 2 aromatic carbocycles. The first-order valence-electron chi connectivity index (χ1n) is 7.39. The molecular weight excluding hydrogens is 331 g/mol. The molecule has 0 radical (unpaired) electrons. The van der Waals surface area contributed by atoms with Gasteiger partial charge in [-0.05, 0) is 49.4 Å². The summed E-state index contributed by atoms with van der Waals surface area (Å²) in [6.45, 7) is 2.43. The number of rotatable bonds is 3. The molecule has 0 spiro atoms. The van der Waals surface area contributed by atoms with E-state index >= 15 is 0 Å². The van der Waals surface area contributed by atoms with Gasteiger partial charge in [-0.25, -0.2) is 4.39 Å². The molecule has 0 unspecified atom stereocenters. The molecule has 0 atom stereocenters. The summed E-state index contributed by atoms with van der Waals surface area (Å²) in [7, 11) is 0. The van der Waals surface area contributed by atoms with Crippen LogP contribution in [0.2, 0.25) is 5.02 Å². The van der Waals surface area contributed by atoms with Gasteiger partial charge in [-0.3, -0.25) is 9.59 Å². The summed E-state index contributed by atoms with van der Waals surface area (Å²) in [4.78, 5) is 25.0. The van der Waals surface area contributed by atoms with Gasteiger partial charge < -0.3 is 9.88 Å². The third kappa shape index (κ3) is 3.03. The van der Waals surface area contributed by atoms with Crippen molar-refractivity contribution in [2.24, 2.45) is 0 Å². The van der Waals surface area contributed by atoms with Crippen LogP contribution < -0.4 is 10.7 Å². The van der Waals surface area contributed by atoms with E-state index in [4.69, 9.17) is 11.6 Å². The van der Waals surface area contributed by atoms with Crippen LogP contribution in [0, 0.1) is 5.82 Å². The van der Waals surface area contributed by atoms with Crippen LogP contribution in [0.4, 0.5) is 10.1 Å². The molecule has 0 bridgehead atoms. The first kappa shape index (κ1) is 16.2. The topological polar surface area (TPSA) is 51.1 Å². The van der Waals surface area contributed by atoms with E-state index in [0.29, 0.717) is 22.8 Å². The van der Waals surface area contributed by atoms with Crippen molar-refractivity contribution in [3.8, 4) is 0 Å². The fraction of sp³-hybridized carbons (Fsp3) is 0.111. The average molecular weight is 345 g/mol. The van der Waals surface area contributed by atoms with Crippen molar-refractivity contribution in [2.75, 3.05) is 5.32 Å². The van der Waals surface area contributed by atoms with Gasteiger partial charge in [-0.2, -0.15) is 0 Å². The Kier molecular flexibility index (Phi) is 4.36. The molecule has 122 valence electrons. The second-order valence-electron chi connectivity index (χ2n) is 5.28. The SMILES string of the molecule is CCn1cc(C(=O)Nc2ccc(Cl)cc2)c(=O)c2cc(F)ccc21. The van der Waals surface area contributed by atoms with Gasteiger partial charge in [0.2, 0.25) is 5.43 Å². The normalized spacial score (nSPS) is 10.8. The van der Waals surface area contributed by atoms with E-state index in [0.717, 1.165) is 6.07 Å². The van der Waals surface area contributed by atoms with E-state index < -0.39 is 17.2 Å². The number of nitrogens with zero attached hydrogens (tertiary/aromatic N) is 1. The van der Waals surface area contributed by atoms with Crippen LogP contribution in [-0.2, 0) is 6.54 Å². The van der Waals surface area contributed by atoms with Crippen molar-refractivity contribution >= 4 is 34.1 Å². The first-order valence-corrected chi connectivity index (χ1v) is 7.77. The van der Waals surface area contributed by atoms with E-state index in [1.807, 2.05) is 6.92 Å². The Morgan fingerprint density at radius 1 is 1.21 bits per heavy atom. The highest BCUT2D eigenvalue weighted by Crippen LogP contribution is 2.16. The second-order valence-corrected chi connectivity index (χ2v) is 5.72. The summed E-state index contributed by atoms with van der Waals surface area (Å²) in [6, 6.07) is 10.5. The van der Waals surface area contributed by atoms with E-state index in [9.17, 15) is 14.0 Å². The Bertz CT molecular complexity index is 981. The molecule has 3 rings (SSSR count). The van der Waals surface area contributed by atoms with Crippen molar-refractivity contribution in [3.63, 3.8) is 0 Å². The van der Waals surface area contributed by atoms with Crippen molar-refractivity contribution in [3.05, 3.63) is 75.3 Å². The van der Waals surface area contributed by atoms with Crippen molar-refractivity contribution in [2.45, 2.75) is 13.5 Å². The number of fused-ring (bicyclic) bond motifs is 1. The quantitative estimate of drug-likeness (QED) is 0.778. The number of carbonyl (C=O) groups is 1. The summed E-state index contributed by atoms with van der Waals surface area (Å²) < 4.78 is 15.3. The fourth-order valence-electron chi connectivity index (χ4n) is 2.52. The predicted octanol–water partition coefficient (Wildman–Crippen LogP) is 4.07. The highest BCUT2D eigenvalue weighted by molar-refractivity contribution is 6.30. The minimum atomic E-state index is -0.546. The fourth-order valence-corrected chi connectivity index (χ4v) is 2.65. The third-order valence-corrected chi connectivity index (χ3v) is 3.98. The Labute approximate surface area is 142 Å². The lowest BCUT2D eigenvalue weighted by molar-refractivity contribution is 0.102. The monoisotopic (exact) mass is 344 g/mol. The van der Waals surface area contributed by atoms with Gasteiger partial charge in [-0.15, -0.1) is 0 Å². The summed E-state index contributed by atoms with van der Waals surface area (Å²) in [5.74, 6) is -1.06. The minimum Gasteiger partial charge on any atom is -0.347 e. The summed E-state index contributed by atoms with van der Waals surface area (Å²) in [6.07, 6.45) is 1.49. The third-order valence-electron chi connectivity index (χ3n) is 3.73. The van der Waals surface area contributed by atoms with Crippen molar-refractivity contribution in [1.29, 1.82) is 0 Å². The van der Waals surface area contributed by atoms with Crippen LogP contribution in [0.1, 0.15) is 17.3 Å². The molecule has 1 amide bonds. The Balaban J connectivity index is 2.08. The van der Waals surface area contributed by atoms with Gasteiger partial charge in [0, 0.05) is 28.8 Å². The van der Waals surface area contributed by atoms with Crippen molar-refractivity contribution < 1.29 is 9.18 Å². The standard InChI is InChI=1S/C18H14ClFN2O2/c1-2-22-10-15(17(23)14-9-12(20)5-8-16(14)22)18(24)21-13-6-3-11(19)4-7-13/h3-10H,2H2,1H3,(H,21,24). The molecule has 1 heterocycles. The molecule has 0 saturated heterocycles. The van der Waals surface area contributed by atoms with Gasteiger partial charge in [0.15, 0.2) is 0 Å². The Morgan fingerprint density at radius 3 is 2.58 bits per heavy atom. The van der Waals surface area contributed by atoms with Gasteiger partial charge in [0.05, 0.1) is 5.52 Å². The largest absolute Gasteiger partial charge is 0.347 e. The second kappa shape index (κ2) is 6.45. The molecule has 1 N–H and O–H groups in total. The number of pyridine rings is 1. The number of carbonyl (C=O) groups excluding carboxylic acids is 1. The molecular formula is C18H14ClFN2O2. The zero-order chi connectivity index (χ0) is 17.3. The molecule has 6 heteroatoms. The Hall–Kier alpha value is -2.66. The molecule has 1 aromatic heterocycles. The molecule has 0 fully saturated rings. The number of aryl methyl sites for hydroxylation is 1. The zero-order valence-electron chi connectivity index (χ0n) is 12.8. The molecule has 0 saturated carbocycles. The maximum absolute atomic E-state index is 13.5. The number of benzene rings is 2. The lowest BCUT2D eigenvalue weighted by Gasteiger charge is -2.12. The van der Waals surface area contributed by atoms with Crippen LogP contribution >= 0.6 is 11.6 Å².